The van der Waals surface area contributed by atoms with Crippen LogP contribution in [0.25, 0.3) is 0 Å². The lowest BCUT2D eigenvalue weighted by atomic mass is 9.78. The Kier molecular flexibility index (Phi) is 15.6. The van der Waals surface area contributed by atoms with E-state index >= 15 is 9.59 Å². The Hall–Kier alpha value is -4.91. The van der Waals surface area contributed by atoms with Crippen molar-refractivity contribution in [2.24, 2.45) is 29.6 Å². The van der Waals surface area contributed by atoms with E-state index in [9.17, 15) is 29.7 Å². The first-order valence-corrected chi connectivity index (χ1v) is 23.3. The largest absolute Gasteiger partial charge is 0.507 e. The Balaban J connectivity index is 1.56. The second kappa shape index (κ2) is 20.4. The highest BCUT2D eigenvalue weighted by Crippen LogP contribution is 2.55. The van der Waals surface area contributed by atoms with Gasteiger partial charge < -0.3 is 49.2 Å². The van der Waals surface area contributed by atoms with Gasteiger partial charge in [0.05, 0.1) is 60.5 Å². The number of ketones is 2. The topological polar surface area (TPSA) is 223 Å². The number of rotatable bonds is 7. The van der Waals surface area contributed by atoms with Gasteiger partial charge >= 0.3 is 11.8 Å². The maximum absolute atomic E-state index is 15.2. The van der Waals surface area contributed by atoms with E-state index in [1.165, 1.54) is 53.4 Å². The first kappa shape index (κ1) is 51.5. The molecule has 7 rings (SSSR count). The molecular weight excluding hydrogens is 865 g/mol. The number of aromatic hydroxyl groups is 1. The van der Waals surface area contributed by atoms with E-state index in [1.54, 1.807) is 51.7 Å². The molecule has 1 aromatic carbocycles. The van der Waals surface area contributed by atoms with Crippen molar-refractivity contribution in [3.63, 3.8) is 0 Å². The molecule has 10 atom stereocenters. The molecule has 368 valence electrons. The summed E-state index contributed by atoms with van der Waals surface area (Å²) in [5.74, 6) is -7.77. The van der Waals surface area contributed by atoms with Gasteiger partial charge in [0.25, 0.3) is 11.7 Å². The van der Waals surface area contributed by atoms with Gasteiger partial charge in [0, 0.05) is 88.1 Å². The van der Waals surface area contributed by atoms with Crippen molar-refractivity contribution in [2.75, 3.05) is 40.5 Å². The summed E-state index contributed by atoms with van der Waals surface area (Å²) in [4.78, 5) is 75.5. The molecule has 2 amide bonds. The Morgan fingerprint density at radius 1 is 0.970 bits per heavy atom. The van der Waals surface area contributed by atoms with Crippen LogP contribution < -0.4 is 15.4 Å². The number of phenolic OH excluding ortho intramolecular Hbond substituents is 1. The number of phenols is 1. The molecule has 1 aliphatic carbocycles. The van der Waals surface area contributed by atoms with Crippen LogP contribution in [0.15, 0.2) is 47.5 Å². The molecule has 67 heavy (non-hydrogen) atoms. The molecule has 17 heteroatoms. The third-order valence-electron chi connectivity index (χ3n) is 14.3. The van der Waals surface area contributed by atoms with E-state index in [1.807, 2.05) is 0 Å². The number of piperidine rings is 1. The van der Waals surface area contributed by atoms with Gasteiger partial charge in [-0.1, -0.05) is 59.8 Å². The fourth-order valence-electron chi connectivity index (χ4n) is 10.4. The predicted octanol–water partition coefficient (Wildman–Crippen LogP) is 4.73. The highest BCUT2D eigenvalue weighted by molar-refractivity contribution is 6.20. The minimum Gasteiger partial charge on any atom is -0.507 e. The third-order valence-corrected chi connectivity index (χ3v) is 14.3. The molecule has 0 radical (unpaired) electrons. The maximum atomic E-state index is 15.2. The van der Waals surface area contributed by atoms with Crippen molar-refractivity contribution in [3.8, 4) is 11.5 Å². The van der Waals surface area contributed by atoms with Crippen LogP contribution in [0, 0.1) is 36.5 Å². The lowest BCUT2D eigenvalue weighted by Crippen LogP contribution is -2.59. The van der Waals surface area contributed by atoms with E-state index in [2.05, 4.69) is 29.4 Å². The van der Waals surface area contributed by atoms with Crippen molar-refractivity contribution < 1.29 is 63.0 Å². The smallest absolute Gasteiger partial charge is 0.312 e. The molecule has 2 saturated heterocycles. The molecule has 2 fully saturated rings. The van der Waals surface area contributed by atoms with Gasteiger partial charge in [-0.15, -0.1) is 0 Å². The highest BCUT2D eigenvalue weighted by Gasteiger charge is 2.60. The Labute approximate surface area is 393 Å². The summed E-state index contributed by atoms with van der Waals surface area (Å²) in [5.41, 5.74) is -1.09. The molecule has 1 unspecified atom stereocenters. The van der Waals surface area contributed by atoms with Crippen LogP contribution in [0.4, 0.5) is 0 Å². The number of likely N-dealkylation sites (tertiary alicyclic amines) is 1. The Morgan fingerprint density at radius 2 is 1.64 bits per heavy atom. The average Bonchev–Trinajstić information content (AvgIpc) is 3.75. The minimum absolute atomic E-state index is 0.0143. The van der Waals surface area contributed by atoms with Crippen LogP contribution in [-0.4, -0.2) is 131 Å². The fraction of sp³-hybridized carbons (Fsp3) is 0.620. The van der Waals surface area contributed by atoms with Crippen LogP contribution in [0.5, 0.6) is 11.5 Å². The SMILES string of the molecule is COCCC(=O)N1C2=C3NC(=O)/C(C)=C\C=C\[C@H](C)[C@H](O)[C@@H](C)[C@@H](O)[C@@H](C)[C@H](OC(C)=O)[C@H](C)[C@@H](OC)/C=C/O[C@@]4(C)Oc5c(C)c(O)c(c(c5C4=O)C2NC12CCN(CC(C)C)CC2)C3=O. The summed E-state index contributed by atoms with van der Waals surface area (Å²) in [5, 5.41) is 41.7. The number of amides is 2. The zero-order valence-corrected chi connectivity index (χ0v) is 40.9. The van der Waals surface area contributed by atoms with Crippen molar-refractivity contribution in [1.82, 2.24) is 20.4 Å². The predicted molar refractivity (Wildman–Crippen MR) is 246 cm³/mol. The Morgan fingerprint density at radius 3 is 2.25 bits per heavy atom. The standard InChI is InChI=1S/C50H70N4O13/c1-25(2)24-53-20-18-50(19-21-53)52-38-35-36-43(59)31(8)46-37(35)47(61)49(10,67-46)65-23-16-33(64-12)28(5)45(66-32(9)55)30(7)42(58)29(6)41(57)26(3)14-13-15-27(4)48(62)51-39(44(36)60)40(38)54(50)34(56)17-22-63-11/h13-16,23,25-26,28-30,33,38,41-42,45,52,57-59H,17-22,24H2,1-12H3,(H,51,62)/b14-13+,23-16+,27-15-/t26-,28+,29+,30+,33-,38?,41-,42+,45+,49-/m0/s1. The van der Waals surface area contributed by atoms with Gasteiger partial charge in [-0.25, -0.2) is 0 Å². The van der Waals surface area contributed by atoms with Gasteiger partial charge in [0.1, 0.15) is 29.0 Å². The number of allylic oxidation sites excluding steroid dienone is 3. The zero-order chi connectivity index (χ0) is 49.4. The molecule has 5 N–H and O–H groups in total. The number of methoxy groups -OCH3 is 2. The number of esters is 1. The summed E-state index contributed by atoms with van der Waals surface area (Å²) in [6.45, 7) is 19.1. The van der Waals surface area contributed by atoms with Gasteiger partial charge in [-0.3, -0.25) is 34.2 Å². The molecule has 6 aliphatic rings. The number of ether oxygens (including phenoxy) is 5. The lowest BCUT2D eigenvalue weighted by Gasteiger charge is -2.45. The number of nitrogens with zero attached hydrogens (tertiary/aromatic N) is 2. The average molecular weight is 935 g/mol. The first-order chi connectivity index (χ1) is 31.5. The molecule has 0 aromatic heterocycles. The number of carbonyl (C=O) groups excluding carboxylic acids is 5. The van der Waals surface area contributed by atoms with Gasteiger partial charge in [-0.2, -0.15) is 0 Å². The number of hydrogen-bond donors (Lipinski definition) is 5. The molecule has 5 heterocycles. The monoisotopic (exact) mass is 934 g/mol. The van der Waals surface area contributed by atoms with Gasteiger partial charge in [0.2, 0.25) is 11.7 Å². The van der Waals surface area contributed by atoms with Crippen LogP contribution in [0.1, 0.15) is 119 Å². The number of aliphatic hydroxyl groups is 2. The quantitative estimate of drug-likeness (QED) is 0.233. The van der Waals surface area contributed by atoms with E-state index in [0.717, 1.165) is 6.54 Å². The van der Waals surface area contributed by atoms with Crippen molar-refractivity contribution in [2.45, 2.75) is 130 Å². The molecule has 0 saturated carbocycles. The number of hydrogen-bond acceptors (Lipinski definition) is 15. The maximum Gasteiger partial charge on any atom is 0.312 e. The summed E-state index contributed by atoms with van der Waals surface area (Å²) in [6, 6.07) is -1.08. The van der Waals surface area contributed by atoms with Gasteiger partial charge in [-0.05, 0) is 38.7 Å². The lowest BCUT2D eigenvalue weighted by molar-refractivity contribution is -0.160. The molecule has 1 aromatic rings. The van der Waals surface area contributed by atoms with E-state index in [4.69, 9.17) is 23.7 Å². The number of aliphatic hydroxyl groups excluding tert-OH is 2. The van der Waals surface area contributed by atoms with Crippen LogP contribution in [-0.2, 0) is 33.3 Å². The van der Waals surface area contributed by atoms with Crippen LogP contribution in [0.3, 0.4) is 0 Å². The van der Waals surface area contributed by atoms with E-state index in [0.29, 0.717) is 31.8 Å². The molecule has 1 spiro atoms. The second-order valence-electron chi connectivity index (χ2n) is 19.5. The highest BCUT2D eigenvalue weighted by atomic mass is 16.7. The summed E-state index contributed by atoms with van der Waals surface area (Å²) >= 11 is 0. The number of fused-ring (bicyclic) bond motifs is 13. The van der Waals surface area contributed by atoms with Crippen LogP contribution >= 0.6 is 0 Å². The van der Waals surface area contributed by atoms with Crippen molar-refractivity contribution in [1.29, 1.82) is 0 Å². The Bertz CT molecular complexity index is 2240. The van der Waals surface area contributed by atoms with Crippen molar-refractivity contribution >= 4 is 29.4 Å². The molecule has 5 aliphatic heterocycles. The summed E-state index contributed by atoms with van der Waals surface area (Å²) in [6.07, 6.45) is 4.45. The van der Waals surface area contributed by atoms with Crippen molar-refractivity contribution in [3.05, 3.63) is 69.8 Å². The zero-order valence-electron chi connectivity index (χ0n) is 40.9. The van der Waals surface area contributed by atoms with E-state index < -0.39 is 94.8 Å². The number of benzene rings is 1. The summed E-state index contributed by atoms with van der Waals surface area (Å²) < 4.78 is 29.5. The molecular formula is C50H70N4O13. The first-order valence-electron chi connectivity index (χ1n) is 23.3. The number of nitrogens with one attached hydrogen (secondary N) is 2. The number of Topliss-reactive ketones (excluding diaryl/α,β-unsaturated/α-hetero) is 2. The molecule has 5 bridgehead atoms. The minimum atomic E-state index is -2.04. The molecule has 17 nitrogen and oxygen atoms in total. The second-order valence-corrected chi connectivity index (χ2v) is 19.5. The third kappa shape index (κ3) is 9.73. The van der Waals surface area contributed by atoms with Gasteiger partial charge in [0.15, 0.2) is 0 Å². The van der Waals surface area contributed by atoms with E-state index in [-0.39, 0.29) is 63.9 Å². The number of carbonyl (C=O) groups is 5. The van der Waals surface area contributed by atoms with Crippen LogP contribution in [0.2, 0.25) is 0 Å². The normalized spacial score (nSPS) is 33.2. The fourth-order valence-corrected chi connectivity index (χ4v) is 10.4. The summed E-state index contributed by atoms with van der Waals surface area (Å²) in [7, 11) is 2.94.